The summed E-state index contributed by atoms with van der Waals surface area (Å²) in [5.74, 6) is 5.21. The van der Waals surface area contributed by atoms with Crippen molar-refractivity contribution in [3.8, 4) is 11.8 Å². The van der Waals surface area contributed by atoms with Crippen LogP contribution in [-0.4, -0.2) is 59.0 Å². The summed E-state index contributed by atoms with van der Waals surface area (Å²) in [6, 6.07) is 10.6. The number of hydrogen-bond donors (Lipinski definition) is 3. The molecule has 1 aromatic carbocycles. The smallest absolute Gasteiger partial charge is 0.305 e. The fourth-order valence-electron chi connectivity index (χ4n) is 5.17. The SMILES string of the molecule is O=C(O)C[C@H](NC(=O)[C@@H]1CCCN(C(=O)CCC2CCNCC2)C1)c1cncc(C#Cc2ccccc2)c1. The second-order valence-corrected chi connectivity index (χ2v) is 10.2. The maximum absolute atomic E-state index is 13.2. The van der Waals surface area contributed by atoms with E-state index in [9.17, 15) is 19.5 Å². The monoisotopic (exact) mass is 516 g/mol. The average Bonchev–Trinajstić information content (AvgIpc) is 2.95. The topological polar surface area (TPSA) is 112 Å². The van der Waals surface area contributed by atoms with Crippen LogP contribution in [0.15, 0.2) is 48.8 Å². The lowest BCUT2D eigenvalue weighted by molar-refractivity contribution is -0.138. The van der Waals surface area contributed by atoms with Gasteiger partial charge < -0.3 is 20.6 Å². The minimum absolute atomic E-state index is 0.108. The number of hydrogen-bond acceptors (Lipinski definition) is 5. The fraction of sp³-hybridized carbons (Fsp3) is 0.467. The minimum atomic E-state index is -1.02. The molecule has 0 aliphatic carbocycles. The van der Waals surface area contributed by atoms with E-state index >= 15 is 0 Å². The van der Waals surface area contributed by atoms with E-state index in [0.29, 0.717) is 43.0 Å². The maximum Gasteiger partial charge on any atom is 0.305 e. The molecule has 3 heterocycles. The lowest BCUT2D eigenvalue weighted by Crippen LogP contribution is -2.46. The Morgan fingerprint density at radius 1 is 1.08 bits per heavy atom. The Hall–Kier alpha value is -3.70. The van der Waals surface area contributed by atoms with Crippen LogP contribution in [-0.2, 0) is 14.4 Å². The van der Waals surface area contributed by atoms with E-state index in [1.54, 1.807) is 18.5 Å². The highest BCUT2D eigenvalue weighted by Crippen LogP contribution is 2.23. The normalized spacial score (nSPS) is 18.6. The molecule has 8 heteroatoms. The number of carbonyl (C=O) groups is 3. The third kappa shape index (κ3) is 8.15. The summed E-state index contributed by atoms with van der Waals surface area (Å²) in [7, 11) is 0. The number of aromatic nitrogens is 1. The molecule has 8 nitrogen and oxygen atoms in total. The molecule has 3 N–H and O–H groups in total. The number of nitrogens with zero attached hydrogens (tertiary/aromatic N) is 2. The Kier molecular flexibility index (Phi) is 9.88. The second kappa shape index (κ2) is 13.7. The van der Waals surface area contributed by atoms with Gasteiger partial charge in [-0.25, -0.2) is 0 Å². The first-order chi connectivity index (χ1) is 18.5. The fourth-order valence-corrected chi connectivity index (χ4v) is 5.17. The summed E-state index contributed by atoms with van der Waals surface area (Å²) in [6.07, 6.45) is 7.97. The highest BCUT2D eigenvalue weighted by molar-refractivity contribution is 5.82. The number of carbonyl (C=O) groups excluding carboxylic acids is 2. The van der Waals surface area contributed by atoms with Crippen LogP contribution in [0.1, 0.15) is 67.7 Å². The van der Waals surface area contributed by atoms with Gasteiger partial charge in [-0.3, -0.25) is 19.4 Å². The molecule has 38 heavy (non-hydrogen) atoms. The molecule has 1 aromatic heterocycles. The summed E-state index contributed by atoms with van der Waals surface area (Å²) in [5, 5.41) is 15.8. The van der Waals surface area contributed by atoms with E-state index in [1.165, 1.54) is 0 Å². The van der Waals surface area contributed by atoms with E-state index in [2.05, 4.69) is 27.5 Å². The first kappa shape index (κ1) is 27.3. The zero-order valence-corrected chi connectivity index (χ0v) is 21.7. The standard InChI is InChI=1S/C30H36N4O4/c35-28(11-10-23-12-14-31-15-13-23)34-16-4-7-25(21-34)30(38)33-27(18-29(36)37)26-17-24(19-32-20-26)9-8-22-5-2-1-3-6-22/h1-3,5-6,17,19-20,23,25,27,31H,4,7,10-16,18,21H2,(H,33,38)(H,36,37)/t25-,27+/m1/s1. The van der Waals surface area contributed by atoms with Crippen molar-refractivity contribution in [2.45, 2.75) is 51.0 Å². The zero-order chi connectivity index (χ0) is 26.7. The summed E-state index contributed by atoms with van der Waals surface area (Å²) in [5.41, 5.74) is 2.09. The number of nitrogens with one attached hydrogen (secondary N) is 2. The number of likely N-dealkylation sites (tertiary alicyclic amines) is 1. The van der Waals surface area contributed by atoms with Crippen molar-refractivity contribution in [3.05, 3.63) is 65.5 Å². The largest absolute Gasteiger partial charge is 0.481 e. The van der Waals surface area contributed by atoms with Gasteiger partial charge in [-0.2, -0.15) is 0 Å². The molecule has 0 radical (unpaired) electrons. The highest BCUT2D eigenvalue weighted by atomic mass is 16.4. The van der Waals surface area contributed by atoms with Crippen molar-refractivity contribution in [1.29, 1.82) is 0 Å². The number of benzene rings is 1. The minimum Gasteiger partial charge on any atom is -0.481 e. The van der Waals surface area contributed by atoms with E-state index in [4.69, 9.17) is 0 Å². The van der Waals surface area contributed by atoms with Crippen LogP contribution in [0, 0.1) is 23.7 Å². The molecular weight excluding hydrogens is 480 g/mol. The highest BCUT2D eigenvalue weighted by Gasteiger charge is 2.30. The lowest BCUT2D eigenvalue weighted by Gasteiger charge is -2.33. The predicted octanol–water partition coefficient (Wildman–Crippen LogP) is 3.13. The Balaban J connectivity index is 1.38. The lowest BCUT2D eigenvalue weighted by atomic mass is 9.92. The number of amides is 2. The van der Waals surface area contributed by atoms with Crippen molar-refractivity contribution in [1.82, 2.24) is 20.5 Å². The quantitative estimate of drug-likeness (QED) is 0.465. The van der Waals surface area contributed by atoms with Gasteiger partial charge in [0.1, 0.15) is 0 Å². The Bertz CT molecular complexity index is 1170. The van der Waals surface area contributed by atoms with Crippen LogP contribution < -0.4 is 10.6 Å². The molecule has 0 bridgehead atoms. The van der Waals surface area contributed by atoms with Crippen molar-refractivity contribution < 1.29 is 19.5 Å². The van der Waals surface area contributed by atoms with Crippen molar-refractivity contribution >= 4 is 17.8 Å². The number of carboxylic acid groups (broad SMARTS) is 1. The zero-order valence-electron chi connectivity index (χ0n) is 21.7. The molecule has 4 rings (SSSR count). The van der Waals surface area contributed by atoms with Gasteiger partial charge in [0, 0.05) is 43.0 Å². The molecule has 200 valence electrons. The average molecular weight is 517 g/mol. The van der Waals surface area contributed by atoms with Crippen LogP contribution in [0.25, 0.3) is 0 Å². The molecule has 2 saturated heterocycles. The van der Waals surface area contributed by atoms with Crippen molar-refractivity contribution in [2.24, 2.45) is 11.8 Å². The van der Waals surface area contributed by atoms with Crippen LogP contribution in [0.4, 0.5) is 0 Å². The van der Waals surface area contributed by atoms with E-state index in [-0.39, 0.29) is 24.2 Å². The molecule has 2 atom stereocenters. The number of carboxylic acids is 1. The molecular formula is C30H36N4O4. The third-order valence-corrected chi connectivity index (χ3v) is 7.35. The first-order valence-electron chi connectivity index (χ1n) is 13.5. The molecule has 2 amide bonds. The number of aliphatic carboxylic acids is 1. The van der Waals surface area contributed by atoms with Gasteiger partial charge >= 0.3 is 5.97 Å². The Labute approximate surface area is 224 Å². The van der Waals surface area contributed by atoms with Crippen LogP contribution in [0.3, 0.4) is 0 Å². The molecule has 0 spiro atoms. The number of pyridine rings is 1. The summed E-state index contributed by atoms with van der Waals surface area (Å²) in [6.45, 7) is 3.07. The molecule has 2 aliphatic heterocycles. The van der Waals surface area contributed by atoms with Crippen LogP contribution in [0.2, 0.25) is 0 Å². The van der Waals surface area contributed by atoms with Gasteiger partial charge in [-0.05, 0) is 74.9 Å². The first-order valence-corrected chi connectivity index (χ1v) is 13.5. The predicted molar refractivity (Wildman–Crippen MR) is 144 cm³/mol. The van der Waals surface area contributed by atoms with E-state index in [0.717, 1.165) is 44.3 Å². The number of piperidine rings is 2. The summed E-state index contributed by atoms with van der Waals surface area (Å²) in [4.78, 5) is 43.8. The number of rotatable bonds is 8. The molecule has 0 unspecified atom stereocenters. The van der Waals surface area contributed by atoms with Gasteiger partial charge in [0.2, 0.25) is 11.8 Å². The van der Waals surface area contributed by atoms with Gasteiger partial charge in [0.25, 0.3) is 0 Å². The maximum atomic E-state index is 13.2. The van der Waals surface area contributed by atoms with E-state index < -0.39 is 12.0 Å². The molecule has 0 saturated carbocycles. The Morgan fingerprint density at radius 3 is 2.61 bits per heavy atom. The van der Waals surface area contributed by atoms with Crippen molar-refractivity contribution in [2.75, 3.05) is 26.2 Å². The van der Waals surface area contributed by atoms with Gasteiger partial charge in [-0.1, -0.05) is 30.0 Å². The van der Waals surface area contributed by atoms with Crippen molar-refractivity contribution in [3.63, 3.8) is 0 Å². The van der Waals surface area contributed by atoms with Gasteiger partial charge in [0.05, 0.1) is 18.4 Å². The summed E-state index contributed by atoms with van der Waals surface area (Å²) >= 11 is 0. The van der Waals surface area contributed by atoms with Crippen LogP contribution in [0.5, 0.6) is 0 Å². The molecule has 2 aliphatic rings. The second-order valence-electron chi connectivity index (χ2n) is 10.2. The van der Waals surface area contributed by atoms with Gasteiger partial charge in [-0.15, -0.1) is 0 Å². The third-order valence-electron chi connectivity index (χ3n) is 7.35. The molecule has 2 fully saturated rings. The van der Waals surface area contributed by atoms with Gasteiger partial charge in [0.15, 0.2) is 0 Å². The van der Waals surface area contributed by atoms with E-state index in [1.807, 2.05) is 35.2 Å². The summed E-state index contributed by atoms with van der Waals surface area (Å²) < 4.78 is 0. The van der Waals surface area contributed by atoms with Crippen LogP contribution >= 0.6 is 0 Å². The Morgan fingerprint density at radius 2 is 1.84 bits per heavy atom. The molecule has 2 aromatic rings.